The van der Waals surface area contributed by atoms with Gasteiger partial charge in [-0.05, 0) is 37.3 Å². The number of hydrogen-bond acceptors (Lipinski definition) is 5. The van der Waals surface area contributed by atoms with Gasteiger partial charge in [0.05, 0.1) is 11.3 Å². The second-order valence-electron chi connectivity index (χ2n) is 7.00. The van der Waals surface area contributed by atoms with Crippen LogP contribution in [0.25, 0.3) is 0 Å². The van der Waals surface area contributed by atoms with Crippen LogP contribution in [0.5, 0.6) is 0 Å². The molecule has 1 aliphatic carbocycles. The van der Waals surface area contributed by atoms with Gasteiger partial charge >= 0.3 is 5.97 Å². The number of amides is 1. The molecule has 1 aromatic carbocycles. The molecule has 0 radical (unpaired) electrons. The SMILES string of the molecule is CC(=O)CSc1ccccc1C(=O)OCC(=O)N[C@H]1CCC[C@H](C)[C@H]1C. The number of rotatable bonds is 7. The fourth-order valence-corrected chi connectivity index (χ4v) is 4.02. The number of thioether (sulfide) groups is 1. The van der Waals surface area contributed by atoms with E-state index in [4.69, 9.17) is 4.74 Å². The molecule has 0 aliphatic heterocycles. The normalized spacial score (nSPS) is 22.5. The van der Waals surface area contributed by atoms with Gasteiger partial charge in [-0.1, -0.05) is 38.8 Å². The molecular weight excluding hydrogens is 350 g/mol. The molecule has 2 rings (SSSR count). The number of benzene rings is 1. The summed E-state index contributed by atoms with van der Waals surface area (Å²) in [5.41, 5.74) is 0.381. The van der Waals surface area contributed by atoms with E-state index in [1.54, 1.807) is 24.3 Å². The molecule has 1 saturated carbocycles. The van der Waals surface area contributed by atoms with Gasteiger partial charge in [0.2, 0.25) is 0 Å². The molecule has 3 atom stereocenters. The lowest BCUT2D eigenvalue weighted by atomic mass is 9.78. The molecule has 26 heavy (non-hydrogen) atoms. The van der Waals surface area contributed by atoms with E-state index in [0.717, 1.165) is 12.8 Å². The summed E-state index contributed by atoms with van der Waals surface area (Å²) in [5.74, 6) is 0.528. The number of carbonyl (C=O) groups excluding carboxylic acids is 3. The molecule has 0 spiro atoms. The van der Waals surface area contributed by atoms with Crippen molar-refractivity contribution in [2.45, 2.75) is 51.0 Å². The van der Waals surface area contributed by atoms with E-state index in [2.05, 4.69) is 19.2 Å². The van der Waals surface area contributed by atoms with Crippen molar-refractivity contribution in [2.75, 3.05) is 12.4 Å². The van der Waals surface area contributed by atoms with Crippen LogP contribution in [0.1, 0.15) is 50.4 Å². The minimum atomic E-state index is -0.545. The third-order valence-corrected chi connectivity index (χ3v) is 6.14. The number of hydrogen-bond donors (Lipinski definition) is 1. The fourth-order valence-electron chi connectivity index (χ4n) is 3.18. The van der Waals surface area contributed by atoms with Gasteiger partial charge in [-0.25, -0.2) is 4.79 Å². The molecule has 0 unspecified atom stereocenters. The van der Waals surface area contributed by atoms with Crippen LogP contribution in [0.2, 0.25) is 0 Å². The second kappa shape index (κ2) is 9.76. The molecule has 0 aromatic heterocycles. The van der Waals surface area contributed by atoms with E-state index in [-0.39, 0.29) is 24.3 Å². The Balaban J connectivity index is 1.88. The van der Waals surface area contributed by atoms with Crippen LogP contribution in [0.3, 0.4) is 0 Å². The van der Waals surface area contributed by atoms with Crippen LogP contribution >= 0.6 is 11.8 Å². The Morgan fingerprint density at radius 3 is 2.65 bits per heavy atom. The molecule has 0 bridgehead atoms. The first-order chi connectivity index (χ1) is 12.4. The van der Waals surface area contributed by atoms with Crippen LogP contribution in [-0.4, -0.2) is 36.1 Å². The molecular formula is C20H27NO4S. The molecule has 6 heteroatoms. The molecule has 1 fully saturated rings. The van der Waals surface area contributed by atoms with Gasteiger partial charge in [-0.3, -0.25) is 9.59 Å². The van der Waals surface area contributed by atoms with Crippen LogP contribution in [0, 0.1) is 11.8 Å². The smallest absolute Gasteiger partial charge is 0.339 e. The summed E-state index contributed by atoms with van der Waals surface area (Å²) in [6, 6.07) is 7.10. The molecule has 0 heterocycles. The van der Waals surface area contributed by atoms with Crippen molar-refractivity contribution in [2.24, 2.45) is 11.8 Å². The van der Waals surface area contributed by atoms with Crippen molar-refractivity contribution in [3.05, 3.63) is 29.8 Å². The number of ketones is 1. The van der Waals surface area contributed by atoms with Crippen molar-refractivity contribution >= 4 is 29.4 Å². The van der Waals surface area contributed by atoms with Gasteiger partial charge in [0.25, 0.3) is 5.91 Å². The Bertz CT molecular complexity index is 661. The van der Waals surface area contributed by atoms with E-state index < -0.39 is 5.97 Å². The summed E-state index contributed by atoms with van der Waals surface area (Å²) in [5, 5.41) is 2.99. The van der Waals surface area contributed by atoms with Gasteiger partial charge in [-0.15, -0.1) is 11.8 Å². The summed E-state index contributed by atoms with van der Waals surface area (Å²) in [4.78, 5) is 36.3. The van der Waals surface area contributed by atoms with E-state index in [1.807, 2.05) is 0 Å². The van der Waals surface area contributed by atoms with Crippen LogP contribution in [0.15, 0.2) is 29.2 Å². The summed E-state index contributed by atoms with van der Waals surface area (Å²) < 4.78 is 5.19. The number of esters is 1. The predicted molar refractivity (Wildman–Crippen MR) is 102 cm³/mol. The zero-order valence-electron chi connectivity index (χ0n) is 15.6. The minimum Gasteiger partial charge on any atom is -0.452 e. The quantitative estimate of drug-likeness (QED) is 0.582. The Kier molecular flexibility index (Phi) is 7.69. The lowest BCUT2D eigenvalue weighted by Gasteiger charge is -2.34. The first-order valence-corrected chi connectivity index (χ1v) is 10.0. The summed E-state index contributed by atoms with van der Waals surface area (Å²) in [6.45, 7) is 5.58. The van der Waals surface area contributed by atoms with Crippen LogP contribution < -0.4 is 5.32 Å². The monoisotopic (exact) mass is 377 g/mol. The number of Topliss-reactive ketones (excluding diaryl/α,β-unsaturated/α-hetero) is 1. The molecule has 0 saturated heterocycles. The van der Waals surface area contributed by atoms with E-state index >= 15 is 0 Å². The van der Waals surface area contributed by atoms with Gasteiger partial charge in [0.1, 0.15) is 5.78 Å². The fraction of sp³-hybridized carbons (Fsp3) is 0.550. The van der Waals surface area contributed by atoms with Crippen LogP contribution in [0.4, 0.5) is 0 Å². The highest BCUT2D eigenvalue weighted by atomic mass is 32.2. The minimum absolute atomic E-state index is 0.0355. The summed E-state index contributed by atoms with van der Waals surface area (Å²) >= 11 is 1.30. The average Bonchev–Trinajstić information content (AvgIpc) is 2.62. The lowest BCUT2D eigenvalue weighted by molar-refractivity contribution is -0.125. The van der Waals surface area contributed by atoms with E-state index in [9.17, 15) is 14.4 Å². The first-order valence-electron chi connectivity index (χ1n) is 9.06. The number of ether oxygens (including phenoxy) is 1. The Labute approximate surface area is 159 Å². The maximum absolute atomic E-state index is 12.3. The van der Waals surface area contributed by atoms with Gasteiger partial charge in [0, 0.05) is 10.9 Å². The maximum atomic E-state index is 12.3. The van der Waals surface area contributed by atoms with Gasteiger partial charge < -0.3 is 10.1 Å². The average molecular weight is 378 g/mol. The highest BCUT2D eigenvalue weighted by Gasteiger charge is 2.28. The standard InChI is InChI=1S/C20H27NO4S/c1-13-7-6-9-17(15(13)3)21-19(23)11-25-20(24)16-8-4-5-10-18(16)26-12-14(2)22/h4-5,8,10,13,15,17H,6-7,9,11-12H2,1-3H3,(H,21,23)/t13-,15+,17-/m0/s1. The van der Waals surface area contributed by atoms with Crippen LogP contribution in [-0.2, 0) is 14.3 Å². The van der Waals surface area contributed by atoms with Gasteiger partial charge in [0.15, 0.2) is 6.61 Å². The first kappa shape index (κ1) is 20.5. The van der Waals surface area contributed by atoms with Crippen molar-refractivity contribution in [3.8, 4) is 0 Å². The highest BCUT2D eigenvalue weighted by molar-refractivity contribution is 8.00. The Morgan fingerprint density at radius 2 is 1.92 bits per heavy atom. The van der Waals surface area contributed by atoms with E-state index in [1.165, 1.54) is 25.1 Å². The molecule has 5 nitrogen and oxygen atoms in total. The van der Waals surface area contributed by atoms with Crippen molar-refractivity contribution in [1.82, 2.24) is 5.32 Å². The molecule has 142 valence electrons. The lowest BCUT2D eigenvalue weighted by Crippen LogP contribution is -2.45. The Hall–Kier alpha value is -1.82. The van der Waals surface area contributed by atoms with E-state index in [0.29, 0.717) is 28.0 Å². The number of nitrogens with one attached hydrogen (secondary N) is 1. The predicted octanol–water partition coefficient (Wildman–Crippen LogP) is 3.47. The molecule has 1 aromatic rings. The Morgan fingerprint density at radius 1 is 1.19 bits per heavy atom. The van der Waals surface area contributed by atoms with Crippen molar-refractivity contribution in [3.63, 3.8) is 0 Å². The number of carbonyl (C=O) groups is 3. The molecule has 1 N–H and O–H groups in total. The van der Waals surface area contributed by atoms with Crippen molar-refractivity contribution < 1.29 is 19.1 Å². The van der Waals surface area contributed by atoms with Crippen molar-refractivity contribution in [1.29, 1.82) is 0 Å². The van der Waals surface area contributed by atoms with Gasteiger partial charge in [-0.2, -0.15) is 0 Å². The molecule has 1 amide bonds. The second-order valence-corrected chi connectivity index (χ2v) is 8.02. The zero-order valence-corrected chi connectivity index (χ0v) is 16.4. The topological polar surface area (TPSA) is 72.5 Å². The molecule has 1 aliphatic rings. The highest BCUT2D eigenvalue weighted by Crippen LogP contribution is 2.29. The third-order valence-electron chi connectivity index (χ3n) is 4.93. The largest absolute Gasteiger partial charge is 0.452 e. The summed E-state index contributed by atoms with van der Waals surface area (Å²) in [6.07, 6.45) is 3.27. The maximum Gasteiger partial charge on any atom is 0.339 e. The summed E-state index contributed by atoms with van der Waals surface area (Å²) in [7, 11) is 0. The zero-order chi connectivity index (χ0) is 19.1. The third kappa shape index (κ3) is 5.87.